The average Bonchev–Trinajstić information content (AvgIpc) is 3.03. The zero-order valence-corrected chi connectivity index (χ0v) is 14.9. The first kappa shape index (κ1) is 19.1. The van der Waals surface area contributed by atoms with Gasteiger partial charge in [-0.25, -0.2) is 4.79 Å². The summed E-state index contributed by atoms with van der Waals surface area (Å²) in [6, 6.07) is 5.71. The second kappa shape index (κ2) is 8.77. The van der Waals surface area contributed by atoms with Crippen LogP contribution in [0.5, 0.6) is 5.75 Å². The van der Waals surface area contributed by atoms with Crippen LogP contribution in [0.15, 0.2) is 35.7 Å². The maximum Gasteiger partial charge on any atom is 0.331 e. The molecule has 0 aliphatic heterocycles. The van der Waals surface area contributed by atoms with Gasteiger partial charge in [0, 0.05) is 23.1 Å². The average molecular weight is 376 g/mol. The van der Waals surface area contributed by atoms with E-state index >= 15 is 0 Å². The number of non-ortho nitro benzene ring substituents is 1. The molecular formula is C17H16N2O6S. The summed E-state index contributed by atoms with van der Waals surface area (Å²) in [7, 11) is 1.37. The predicted octanol–water partition coefficient (Wildman–Crippen LogP) is 3.17. The van der Waals surface area contributed by atoms with Gasteiger partial charge in [0.25, 0.3) is 11.6 Å². The summed E-state index contributed by atoms with van der Waals surface area (Å²) in [5.74, 6) is -1.06. The molecule has 0 aliphatic carbocycles. The number of aryl methyl sites for hydroxylation is 1. The molecular weight excluding hydrogens is 360 g/mol. The molecule has 2 rings (SSSR count). The SMILES string of the molecule is COc1ccc([N+](=O)[O-])cc1NC(=O)COC(=O)/C=C/c1sccc1C. The number of rotatable bonds is 7. The minimum absolute atomic E-state index is 0.118. The highest BCUT2D eigenvalue weighted by molar-refractivity contribution is 7.11. The number of esters is 1. The monoisotopic (exact) mass is 376 g/mol. The molecule has 0 aliphatic rings. The third-order valence-corrected chi connectivity index (χ3v) is 4.27. The molecule has 136 valence electrons. The Hall–Kier alpha value is -3.20. The van der Waals surface area contributed by atoms with Crippen molar-refractivity contribution < 1.29 is 24.0 Å². The topological polar surface area (TPSA) is 108 Å². The van der Waals surface area contributed by atoms with E-state index < -0.39 is 23.4 Å². The van der Waals surface area contributed by atoms with Crippen LogP contribution >= 0.6 is 11.3 Å². The summed E-state index contributed by atoms with van der Waals surface area (Å²) in [5.41, 5.74) is 0.953. The molecule has 0 bridgehead atoms. The third kappa shape index (κ3) is 5.15. The zero-order valence-electron chi connectivity index (χ0n) is 14.1. The second-order valence-electron chi connectivity index (χ2n) is 5.10. The first-order valence-corrected chi connectivity index (χ1v) is 8.30. The highest BCUT2D eigenvalue weighted by Crippen LogP contribution is 2.28. The number of ether oxygens (including phenoxy) is 2. The van der Waals surface area contributed by atoms with Crippen molar-refractivity contribution >= 4 is 40.7 Å². The van der Waals surface area contributed by atoms with Gasteiger partial charge in [0.1, 0.15) is 5.75 Å². The van der Waals surface area contributed by atoms with Crippen molar-refractivity contribution in [2.45, 2.75) is 6.92 Å². The fourth-order valence-corrected chi connectivity index (χ4v) is 2.80. The smallest absolute Gasteiger partial charge is 0.331 e. The van der Waals surface area contributed by atoms with Gasteiger partial charge in [0.15, 0.2) is 6.61 Å². The number of benzene rings is 1. The third-order valence-electron chi connectivity index (χ3n) is 3.29. The lowest BCUT2D eigenvalue weighted by atomic mass is 10.2. The van der Waals surface area contributed by atoms with Crippen molar-refractivity contribution in [2.75, 3.05) is 19.0 Å². The minimum Gasteiger partial charge on any atom is -0.495 e. The molecule has 1 aromatic carbocycles. The van der Waals surface area contributed by atoms with Crippen LogP contribution in [0.4, 0.5) is 11.4 Å². The van der Waals surface area contributed by atoms with Crippen molar-refractivity contribution in [3.63, 3.8) is 0 Å². The maximum absolute atomic E-state index is 11.9. The van der Waals surface area contributed by atoms with Crippen molar-refractivity contribution in [1.29, 1.82) is 0 Å². The second-order valence-corrected chi connectivity index (χ2v) is 6.05. The van der Waals surface area contributed by atoms with E-state index in [1.54, 1.807) is 6.08 Å². The number of nitro benzene ring substituents is 1. The standard InChI is InChI=1S/C17H16N2O6S/c1-11-7-8-26-15(11)5-6-17(21)25-10-16(20)18-13-9-12(19(22)23)3-4-14(13)24-2/h3-9H,10H2,1-2H3,(H,18,20)/b6-5+. The Morgan fingerprint density at radius 3 is 2.73 bits per heavy atom. The number of methoxy groups -OCH3 is 1. The van der Waals surface area contributed by atoms with E-state index in [4.69, 9.17) is 9.47 Å². The Balaban J connectivity index is 1.93. The van der Waals surface area contributed by atoms with Crippen LogP contribution in [0.25, 0.3) is 6.08 Å². The van der Waals surface area contributed by atoms with Gasteiger partial charge >= 0.3 is 5.97 Å². The van der Waals surface area contributed by atoms with Gasteiger partial charge in [-0.3, -0.25) is 14.9 Å². The van der Waals surface area contributed by atoms with Crippen LogP contribution in [0.3, 0.4) is 0 Å². The van der Waals surface area contributed by atoms with E-state index in [-0.39, 0.29) is 17.1 Å². The van der Waals surface area contributed by atoms with E-state index in [0.717, 1.165) is 16.5 Å². The number of amides is 1. The van der Waals surface area contributed by atoms with E-state index in [0.29, 0.717) is 0 Å². The first-order valence-electron chi connectivity index (χ1n) is 7.42. The fraction of sp³-hybridized carbons (Fsp3) is 0.176. The Labute approximate surface area is 153 Å². The van der Waals surface area contributed by atoms with E-state index in [1.165, 1.54) is 36.7 Å². The number of carbonyl (C=O) groups is 2. The van der Waals surface area contributed by atoms with Crippen molar-refractivity contribution in [3.05, 3.63) is 56.3 Å². The summed E-state index contributed by atoms with van der Waals surface area (Å²) in [4.78, 5) is 34.7. The van der Waals surface area contributed by atoms with Crippen LogP contribution in [0.1, 0.15) is 10.4 Å². The minimum atomic E-state index is -0.668. The lowest BCUT2D eigenvalue weighted by Crippen LogP contribution is -2.20. The molecule has 2 aromatic rings. The summed E-state index contributed by atoms with van der Waals surface area (Å²) in [6.07, 6.45) is 2.85. The van der Waals surface area contributed by atoms with Gasteiger partial charge in [-0.2, -0.15) is 0 Å². The Bertz CT molecular complexity index is 859. The lowest BCUT2D eigenvalue weighted by Gasteiger charge is -2.09. The Morgan fingerprint density at radius 2 is 2.12 bits per heavy atom. The number of nitrogens with zero attached hydrogens (tertiary/aromatic N) is 1. The summed E-state index contributed by atoms with van der Waals surface area (Å²) in [5, 5.41) is 15.1. The molecule has 0 radical (unpaired) electrons. The van der Waals surface area contributed by atoms with E-state index in [1.807, 2.05) is 18.4 Å². The van der Waals surface area contributed by atoms with Crippen molar-refractivity contribution in [1.82, 2.24) is 0 Å². The predicted molar refractivity (Wildman–Crippen MR) is 97.3 cm³/mol. The molecule has 1 amide bonds. The highest BCUT2D eigenvalue weighted by Gasteiger charge is 2.14. The van der Waals surface area contributed by atoms with Crippen LogP contribution in [0, 0.1) is 17.0 Å². The van der Waals surface area contributed by atoms with Crippen LogP contribution in [-0.4, -0.2) is 30.5 Å². The molecule has 0 fully saturated rings. The van der Waals surface area contributed by atoms with Gasteiger partial charge in [-0.05, 0) is 36.1 Å². The first-order chi connectivity index (χ1) is 12.4. The van der Waals surface area contributed by atoms with Gasteiger partial charge in [0.2, 0.25) is 0 Å². The largest absolute Gasteiger partial charge is 0.495 e. The molecule has 8 nitrogen and oxygen atoms in total. The maximum atomic E-state index is 11.9. The van der Waals surface area contributed by atoms with Crippen LogP contribution in [0.2, 0.25) is 0 Å². The van der Waals surface area contributed by atoms with Gasteiger partial charge in [-0.1, -0.05) is 0 Å². The molecule has 0 unspecified atom stereocenters. The van der Waals surface area contributed by atoms with Crippen molar-refractivity contribution in [3.8, 4) is 5.75 Å². The molecule has 0 saturated heterocycles. The number of nitrogens with one attached hydrogen (secondary N) is 1. The van der Waals surface area contributed by atoms with Gasteiger partial charge in [-0.15, -0.1) is 11.3 Å². The summed E-state index contributed by atoms with van der Waals surface area (Å²) in [6.45, 7) is 1.39. The number of anilines is 1. The van der Waals surface area contributed by atoms with Gasteiger partial charge < -0.3 is 14.8 Å². The summed E-state index contributed by atoms with van der Waals surface area (Å²) >= 11 is 1.48. The number of carbonyl (C=O) groups excluding carboxylic acids is 2. The molecule has 1 heterocycles. The zero-order chi connectivity index (χ0) is 19.1. The normalized spacial score (nSPS) is 10.5. The van der Waals surface area contributed by atoms with E-state index in [9.17, 15) is 19.7 Å². The molecule has 1 N–H and O–H groups in total. The molecule has 26 heavy (non-hydrogen) atoms. The highest BCUT2D eigenvalue weighted by atomic mass is 32.1. The summed E-state index contributed by atoms with van der Waals surface area (Å²) < 4.78 is 9.90. The molecule has 0 atom stereocenters. The fourth-order valence-electron chi connectivity index (χ4n) is 1.98. The van der Waals surface area contributed by atoms with Crippen LogP contribution in [-0.2, 0) is 14.3 Å². The van der Waals surface area contributed by atoms with Crippen molar-refractivity contribution in [2.24, 2.45) is 0 Å². The Kier molecular flexibility index (Phi) is 6.45. The molecule has 1 aromatic heterocycles. The quantitative estimate of drug-likeness (QED) is 0.344. The lowest BCUT2D eigenvalue weighted by molar-refractivity contribution is -0.384. The van der Waals surface area contributed by atoms with Crippen LogP contribution < -0.4 is 10.1 Å². The number of thiophene rings is 1. The number of nitro groups is 1. The molecule has 0 spiro atoms. The van der Waals surface area contributed by atoms with E-state index in [2.05, 4.69) is 5.32 Å². The molecule has 0 saturated carbocycles. The number of hydrogen-bond acceptors (Lipinski definition) is 7. The van der Waals surface area contributed by atoms with Gasteiger partial charge in [0.05, 0.1) is 17.7 Å². The Morgan fingerprint density at radius 1 is 1.35 bits per heavy atom. The number of hydrogen-bond donors (Lipinski definition) is 1. The molecule has 9 heteroatoms.